The van der Waals surface area contributed by atoms with Gasteiger partial charge in [-0.25, -0.2) is 0 Å². The fourth-order valence-corrected chi connectivity index (χ4v) is 3.58. The minimum absolute atomic E-state index is 1.32. The molecule has 0 aliphatic heterocycles. The van der Waals surface area contributed by atoms with Gasteiger partial charge in [-0.15, -0.1) is 0 Å². The molecule has 0 aromatic carbocycles. The SMILES string of the molecule is CCCCN(CCCC)CCCCCCCCN(CCCC)CCCC. The zero-order chi connectivity index (χ0) is 19.3. The highest BCUT2D eigenvalue weighted by molar-refractivity contribution is 4.60. The van der Waals surface area contributed by atoms with Crippen molar-refractivity contribution < 1.29 is 0 Å². The third-order valence-corrected chi connectivity index (χ3v) is 5.51. The predicted octanol–water partition coefficient (Wildman–Crippen LogP) is 7.13. The van der Waals surface area contributed by atoms with E-state index in [9.17, 15) is 0 Å². The second-order valence-corrected chi connectivity index (χ2v) is 8.22. The maximum atomic E-state index is 2.71. The minimum Gasteiger partial charge on any atom is -0.303 e. The maximum Gasteiger partial charge on any atom is -0.00187 e. The smallest absolute Gasteiger partial charge is 0.00187 e. The van der Waals surface area contributed by atoms with Gasteiger partial charge in [0, 0.05) is 0 Å². The van der Waals surface area contributed by atoms with Crippen molar-refractivity contribution >= 4 is 0 Å². The Morgan fingerprint density at radius 2 is 0.538 bits per heavy atom. The van der Waals surface area contributed by atoms with Crippen LogP contribution in [0.4, 0.5) is 0 Å². The molecule has 0 aromatic heterocycles. The molecule has 0 rings (SSSR count). The van der Waals surface area contributed by atoms with Gasteiger partial charge in [0.15, 0.2) is 0 Å². The molecule has 0 aromatic rings. The Labute approximate surface area is 167 Å². The molecular weight excluding hydrogens is 316 g/mol. The summed E-state index contributed by atoms with van der Waals surface area (Å²) in [6.07, 6.45) is 19.4. The summed E-state index contributed by atoms with van der Waals surface area (Å²) < 4.78 is 0. The standard InChI is InChI=1S/C24H52N2/c1-5-9-19-25(20-10-6-2)23-17-15-13-14-16-18-24-26(21-11-7-3)22-12-8-4/h5-24H2,1-4H3. The molecule has 0 radical (unpaired) electrons. The zero-order valence-corrected chi connectivity index (χ0v) is 19.0. The van der Waals surface area contributed by atoms with Crippen LogP contribution in [0.3, 0.4) is 0 Å². The van der Waals surface area contributed by atoms with E-state index in [0.29, 0.717) is 0 Å². The fourth-order valence-electron chi connectivity index (χ4n) is 3.58. The van der Waals surface area contributed by atoms with Crippen molar-refractivity contribution in [3.8, 4) is 0 Å². The quantitative estimate of drug-likeness (QED) is 0.199. The van der Waals surface area contributed by atoms with Crippen LogP contribution in [0.15, 0.2) is 0 Å². The lowest BCUT2D eigenvalue weighted by molar-refractivity contribution is 0.255. The van der Waals surface area contributed by atoms with E-state index in [-0.39, 0.29) is 0 Å². The molecule has 0 saturated heterocycles. The molecule has 0 amide bonds. The Kier molecular flexibility index (Phi) is 21.2. The Morgan fingerprint density at radius 3 is 0.808 bits per heavy atom. The highest BCUT2D eigenvalue weighted by Crippen LogP contribution is 2.09. The van der Waals surface area contributed by atoms with Crippen molar-refractivity contribution in [2.45, 2.75) is 118 Å². The number of nitrogens with zero attached hydrogens (tertiary/aromatic N) is 2. The lowest BCUT2D eigenvalue weighted by Gasteiger charge is -2.22. The van der Waals surface area contributed by atoms with Crippen LogP contribution in [0.2, 0.25) is 0 Å². The van der Waals surface area contributed by atoms with Gasteiger partial charge in [-0.1, -0.05) is 79.1 Å². The monoisotopic (exact) mass is 368 g/mol. The Morgan fingerprint density at radius 1 is 0.308 bits per heavy atom. The average molecular weight is 369 g/mol. The molecule has 26 heavy (non-hydrogen) atoms. The van der Waals surface area contributed by atoms with Gasteiger partial charge in [-0.3, -0.25) is 0 Å². The van der Waals surface area contributed by atoms with Crippen molar-refractivity contribution in [2.75, 3.05) is 39.3 Å². The summed E-state index contributed by atoms with van der Waals surface area (Å²) in [6, 6.07) is 0. The van der Waals surface area contributed by atoms with Gasteiger partial charge in [0.25, 0.3) is 0 Å². The predicted molar refractivity (Wildman–Crippen MR) is 120 cm³/mol. The molecule has 158 valence electrons. The van der Waals surface area contributed by atoms with E-state index in [4.69, 9.17) is 0 Å². The summed E-state index contributed by atoms with van der Waals surface area (Å²) in [6.45, 7) is 17.2. The zero-order valence-electron chi connectivity index (χ0n) is 19.0. The summed E-state index contributed by atoms with van der Waals surface area (Å²) in [5.74, 6) is 0. The van der Waals surface area contributed by atoms with E-state index in [2.05, 4.69) is 37.5 Å². The van der Waals surface area contributed by atoms with Crippen LogP contribution in [-0.4, -0.2) is 49.1 Å². The fraction of sp³-hybridized carbons (Fsp3) is 1.00. The third kappa shape index (κ3) is 17.3. The second kappa shape index (κ2) is 21.2. The van der Waals surface area contributed by atoms with Gasteiger partial charge in [0.1, 0.15) is 0 Å². The van der Waals surface area contributed by atoms with E-state index in [1.165, 1.54) is 129 Å². The van der Waals surface area contributed by atoms with Crippen molar-refractivity contribution in [1.29, 1.82) is 0 Å². The number of hydrogen-bond acceptors (Lipinski definition) is 2. The molecule has 0 saturated carbocycles. The molecule has 2 nitrogen and oxygen atoms in total. The van der Waals surface area contributed by atoms with E-state index in [1.54, 1.807) is 0 Å². The lowest BCUT2D eigenvalue weighted by atomic mass is 10.1. The first-order valence-electron chi connectivity index (χ1n) is 12.2. The van der Waals surface area contributed by atoms with E-state index in [0.717, 1.165) is 0 Å². The molecule has 0 fully saturated rings. The highest BCUT2D eigenvalue weighted by atomic mass is 15.1. The van der Waals surface area contributed by atoms with Crippen LogP contribution in [-0.2, 0) is 0 Å². The van der Waals surface area contributed by atoms with Crippen LogP contribution in [0.5, 0.6) is 0 Å². The van der Waals surface area contributed by atoms with Crippen molar-refractivity contribution in [2.24, 2.45) is 0 Å². The molecule has 2 heteroatoms. The average Bonchev–Trinajstić information content (AvgIpc) is 2.66. The Hall–Kier alpha value is -0.0800. The summed E-state index contributed by atoms with van der Waals surface area (Å²) >= 11 is 0. The Bertz CT molecular complexity index is 213. The van der Waals surface area contributed by atoms with Gasteiger partial charge in [-0.2, -0.15) is 0 Å². The molecule has 0 spiro atoms. The first-order chi connectivity index (χ1) is 12.8. The van der Waals surface area contributed by atoms with E-state index < -0.39 is 0 Å². The van der Waals surface area contributed by atoms with Crippen LogP contribution in [0, 0.1) is 0 Å². The number of hydrogen-bond donors (Lipinski definition) is 0. The van der Waals surface area contributed by atoms with Crippen LogP contribution >= 0.6 is 0 Å². The van der Waals surface area contributed by atoms with Crippen LogP contribution < -0.4 is 0 Å². The van der Waals surface area contributed by atoms with E-state index >= 15 is 0 Å². The summed E-state index contributed by atoms with van der Waals surface area (Å²) in [4.78, 5) is 5.43. The minimum atomic E-state index is 1.32. The normalized spacial score (nSPS) is 11.8. The molecule has 0 aliphatic rings. The number of rotatable bonds is 21. The van der Waals surface area contributed by atoms with E-state index in [1.807, 2.05) is 0 Å². The van der Waals surface area contributed by atoms with Gasteiger partial charge in [0.05, 0.1) is 0 Å². The summed E-state index contributed by atoms with van der Waals surface area (Å²) in [7, 11) is 0. The second-order valence-electron chi connectivity index (χ2n) is 8.22. The van der Waals surface area contributed by atoms with Crippen molar-refractivity contribution in [3.63, 3.8) is 0 Å². The maximum absolute atomic E-state index is 2.71. The molecule has 0 N–H and O–H groups in total. The Balaban J connectivity index is 3.64. The number of unbranched alkanes of at least 4 members (excludes halogenated alkanes) is 9. The highest BCUT2D eigenvalue weighted by Gasteiger charge is 2.05. The van der Waals surface area contributed by atoms with Gasteiger partial charge in [-0.05, 0) is 77.8 Å². The first-order valence-corrected chi connectivity index (χ1v) is 12.2. The van der Waals surface area contributed by atoms with Crippen molar-refractivity contribution in [1.82, 2.24) is 9.80 Å². The largest absolute Gasteiger partial charge is 0.303 e. The molecule has 0 atom stereocenters. The first kappa shape index (κ1) is 25.9. The third-order valence-electron chi connectivity index (χ3n) is 5.51. The molecule has 0 aliphatic carbocycles. The van der Waals surface area contributed by atoms with Gasteiger partial charge in [0.2, 0.25) is 0 Å². The summed E-state index contributed by atoms with van der Waals surface area (Å²) in [5.41, 5.74) is 0. The molecular formula is C24H52N2. The lowest BCUT2D eigenvalue weighted by Crippen LogP contribution is -2.27. The summed E-state index contributed by atoms with van der Waals surface area (Å²) in [5, 5.41) is 0. The topological polar surface area (TPSA) is 6.48 Å². The van der Waals surface area contributed by atoms with Gasteiger partial charge >= 0.3 is 0 Å². The van der Waals surface area contributed by atoms with Gasteiger partial charge < -0.3 is 9.80 Å². The molecule has 0 heterocycles. The van der Waals surface area contributed by atoms with Crippen LogP contribution in [0.1, 0.15) is 118 Å². The van der Waals surface area contributed by atoms with Crippen molar-refractivity contribution in [3.05, 3.63) is 0 Å². The molecule has 0 unspecified atom stereocenters. The molecule has 0 bridgehead atoms. The van der Waals surface area contributed by atoms with Crippen LogP contribution in [0.25, 0.3) is 0 Å².